The summed E-state index contributed by atoms with van der Waals surface area (Å²) in [5.74, 6) is 0.191. The summed E-state index contributed by atoms with van der Waals surface area (Å²) in [4.78, 5) is 3.86. The summed E-state index contributed by atoms with van der Waals surface area (Å²) in [7, 11) is 0. The average Bonchev–Trinajstić information content (AvgIpc) is 2.70. The summed E-state index contributed by atoms with van der Waals surface area (Å²) in [5.41, 5.74) is 5.04. The van der Waals surface area contributed by atoms with E-state index in [2.05, 4.69) is 19.1 Å². The van der Waals surface area contributed by atoms with Crippen molar-refractivity contribution in [2.24, 2.45) is 0 Å². The molecule has 2 aromatic rings. The van der Waals surface area contributed by atoms with Gasteiger partial charge in [0, 0.05) is 5.02 Å². The van der Waals surface area contributed by atoms with Gasteiger partial charge in [-0.2, -0.15) is 0 Å². The molecule has 0 radical (unpaired) electrons. The molecule has 0 aromatic heterocycles. The van der Waals surface area contributed by atoms with Gasteiger partial charge in [-0.15, -0.1) is 0 Å². The number of anilines is 2. The maximum absolute atomic E-state index is 8.43. The van der Waals surface area contributed by atoms with Crippen molar-refractivity contribution < 1.29 is 0 Å². The van der Waals surface area contributed by atoms with Gasteiger partial charge in [-0.25, -0.2) is 0 Å². The number of benzene rings is 2. The van der Waals surface area contributed by atoms with Crippen molar-refractivity contribution in [2.75, 3.05) is 9.80 Å². The summed E-state index contributed by atoms with van der Waals surface area (Å²) in [5, 5.41) is 9.49. The number of nitrogens with zero attached hydrogens (tertiary/aromatic N) is 2. The van der Waals surface area contributed by atoms with Crippen LogP contribution in [0.4, 0.5) is 11.4 Å². The van der Waals surface area contributed by atoms with Gasteiger partial charge in [-0.1, -0.05) is 47.6 Å². The van der Waals surface area contributed by atoms with E-state index < -0.39 is 0 Å². The van der Waals surface area contributed by atoms with Crippen LogP contribution in [0, 0.1) is 26.2 Å². The second-order valence-corrected chi connectivity index (χ2v) is 7.02. The number of hydrogen-bond donors (Lipinski definition) is 1. The normalized spacial score (nSPS) is 14.8. The fourth-order valence-electron chi connectivity index (χ4n) is 3.06. The van der Waals surface area contributed by atoms with E-state index in [1.54, 1.807) is 21.9 Å². The van der Waals surface area contributed by atoms with E-state index in [0.29, 0.717) is 15.1 Å². The maximum Gasteiger partial charge on any atom is 0.192 e. The SMILES string of the molecule is Cc1cc(C)c(N2C(=S)C(=N)N(c3cccc(Cl)c3)C2=S)c(C)c1. The Morgan fingerprint density at radius 1 is 0.958 bits per heavy atom. The Kier molecular flexibility index (Phi) is 4.42. The van der Waals surface area contributed by atoms with Crippen molar-refractivity contribution in [3.63, 3.8) is 0 Å². The van der Waals surface area contributed by atoms with Gasteiger partial charge >= 0.3 is 0 Å². The molecule has 1 aliphatic rings. The summed E-state index contributed by atoms with van der Waals surface area (Å²) in [6.45, 7) is 6.13. The zero-order valence-corrected chi connectivity index (χ0v) is 15.9. The van der Waals surface area contributed by atoms with Crippen LogP contribution in [0.1, 0.15) is 16.7 Å². The molecule has 3 rings (SSSR count). The smallest absolute Gasteiger partial charge is 0.192 e. The van der Waals surface area contributed by atoms with Gasteiger partial charge in [-0.3, -0.25) is 15.2 Å². The van der Waals surface area contributed by atoms with Crippen molar-refractivity contribution in [2.45, 2.75) is 20.8 Å². The maximum atomic E-state index is 8.43. The Balaban J connectivity index is 2.11. The van der Waals surface area contributed by atoms with Crippen LogP contribution in [0.2, 0.25) is 5.02 Å². The highest BCUT2D eigenvalue weighted by Gasteiger charge is 2.38. The molecular formula is C18H16ClN3S2. The van der Waals surface area contributed by atoms with Crippen molar-refractivity contribution >= 4 is 63.3 Å². The summed E-state index contributed by atoms with van der Waals surface area (Å²) in [6, 6.07) is 11.5. The zero-order valence-electron chi connectivity index (χ0n) is 13.6. The number of thiocarbonyl (C=S) groups is 2. The zero-order chi connectivity index (χ0) is 17.6. The Bertz CT molecular complexity index is 869. The molecule has 0 amide bonds. The Morgan fingerprint density at radius 2 is 1.58 bits per heavy atom. The Hall–Kier alpha value is -1.82. The molecule has 1 N–H and O–H groups in total. The Morgan fingerprint density at radius 3 is 2.17 bits per heavy atom. The monoisotopic (exact) mass is 373 g/mol. The van der Waals surface area contributed by atoms with E-state index in [9.17, 15) is 0 Å². The number of nitrogens with one attached hydrogen (secondary N) is 1. The molecule has 0 unspecified atom stereocenters. The van der Waals surface area contributed by atoms with E-state index >= 15 is 0 Å². The molecule has 1 saturated heterocycles. The van der Waals surface area contributed by atoms with Gasteiger partial charge < -0.3 is 0 Å². The van der Waals surface area contributed by atoms with Crippen LogP contribution < -0.4 is 9.80 Å². The quantitative estimate of drug-likeness (QED) is 0.734. The molecule has 1 heterocycles. The topological polar surface area (TPSA) is 30.3 Å². The molecule has 6 heteroatoms. The first-order valence-electron chi connectivity index (χ1n) is 7.41. The van der Waals surface area contributed by atoms with Gasteiger partial charge in [0.05, 0.1) is 11.4 Å². The van der Waals surface area contributed by atoms with Crippen LogP contribution in [0.15, 0.2) is 36.4 Å². The molecule has 2 aromatic carbocycles. The lowest BCUT2D eigenvalue weighted by molar-refractivity contribution is 1.28. The molecule has 0 saturated carbocycles. The van der Waals surface area contributed by atoms with Crippen molar-refractivity contribution in [3.8, 4) is 0 Å². The lowest BCUT2D eigenvalue weighted by Crippen LogP contribution is -2.33. The number of halogens is 1. The predicted molar refractivity (Wildman–Crippen MR) is 110 cm³/mol. The first-order valence-corrected chi connectivity index (χ1v) is 8.61. The minimum Gasteiger partial charge on any atom is -0.281 e. The van der Waals surface area contributed by atoms with Crippen LogP contribution in [0.3, 0.4) is 0 Å². The minimum atomic E-state index is 0.191. The lowest BCUT2D eigenvalue weighted by atomic mass is 10.0. The number of rotatable bonds is 2. The molecular weight excluding hydrogens is 358 g/mol. The van der Waals surface area contributed by atoms with E-state index in [1.807, 2.05) is 26.0 Å². The van der Waals surface area contributed by atoms with Crippen LogP contribution >= 0.6 is 36.0 Å². The van der Waals surface area contributed by atoms with Crippen LogP contribution in [0.5, 0.6) is 0 Å². The molecule has 1 aliphatic heterocycles. The van der Waals surface area contributed by atoms with Crippen LogP contribution in [0.25, 0.3) is 0 Å². The van der Waals surface area contributed by atoms with E-state index in [1.165, 1.54) is 5.56 Å². The van der Waals surface area contributed by atoms with Crippen molar-refractivity contribution in [1.82, 2.24) is 0 Å². The Labute approximate surface area is 157 Å². The fourth-order valence-corrected chi connectivity index (χ4v) is 3.95. The minimum absolute atomic E-state index is 0.191. The van der Waals surface area contributed by atoms with Gasteiger partial charge in [0.2, 0.25) is 0 Å². The summed E-state index contributed by atoms with van der Waals surface area (Å²) < 4.78 is 0. The first kappa shape index (κ1) is 17.0. The van der Waals surface area contributed by atoms with Gasteiger partial charge in [0.1, 0.15) is 0 Å². The summed E-state index contributed by atoms with van der Waals surface area (Å²) >= 11 is 17.3. The van der Waals surface area contributed by atoms with Gasteiger partial charge in [0.15, 0.2) is 15.9 Å². The van der Waals surface area contributed by atoms with E-state index in [4.69, 9.17) is 41.4 Å². The lowest BCUT2D eigenvalue weighted by Gasteiger charge is -2.24. The first-order chi connectivity index (χ1) is 11.3. The van der Waals surface area contributed by atoms with E-state index in [-0.39, 0.29) is 5.84 Å². The van der Waals surface area contributed by atoms with Crippen molar-refractivity contribution in [1.29, 1.82) is 5.41 Å². The molecule has 3 nitrogen and oxygen atoms in total. The third kappa shape index (κ3) is 2.73. The largest absolute Gasteiger partial charge is 0.281 e. The molecule has 0 spiro atoms. The highest BCUT2D eigenvalue weighted by Crippen LogP contribution is 2.33. The van der Waals surface area contributed by atoms with Crippen LogP contribution in [-0.4, -0.2) is 15.9 Å². The molecule has 0 bridgehead atoms. The van der Waals surface area contributed by atoms with Gasteiger partial charge in [0.25, 0.3) is 0 Å². The standard InChI is InChI=1S/C18H16ClN3S2/c1-10-7-11(2)15(12(3)8-10)22-17(23)16(20)21(18(22)24)14-6-4-5-13(19)9-14/h4-9,20H,1-3H3. The molecule has 1 fully saturated rings. The molecule has 0 atom stereocenters. The van der Waals surface area contributed by atoms with Gasteiger partial charge in [-0.05, 0) is 62.3 Å². The fraction of sp³-hybridized carbons (Fsp3) is 0.167. The number of hydrogen-bond acceptors (Lipinski definition) is 3. The predicted octanol–water partition coefficient (Wildman–Crippen LogP) is 5.18. The molecule has 122 valence electrons. The third-order valence-corrected chi connectivity index (χ3v) is 4.91. The highest BCUT2D eigenvalue weighted by molar-refractivity contribution is 7.84. The molecule has 24 heavy (non-hydrogen) atoms. The molecule has 0 aliphatic carbocycles. The number of amidine groups is 1. The van der Waals surface area contributed by atoms with Crippen molar-refractivity contribution in [3.05, 3.63) is 58.1 Å². The summed E-state index contributed by atoms with van der Waals surface area (Å²) in [6.07, 6.45) is 0. The van der Waals surface area contributed by atoms with E-state index in [0.717, 1.165) is 22.5 Å². The third-order valence-electron chi connectivity index (χ3n) is 3.94. The second-order valence-electron chi connectivity index (χ2n) is 5.83. The average molecular weight is 374 g/mol. The van der Waals surface area contributed by atoms with Crippen LogP contribution in [-0.2, 0) is 0 Å². The highest BCUT2D eigenvalue weighted by atomic mass is 35.5. The second kappa shape index (κ2) is 6.24. The number of aryl methyl sites for hydroxylation is 3.